The number of halogens is 2. The lowest BCUT2D eigenvalue weighted by atomic mass is 10.0. The van der Waals surface area contributed by atoms with E-state index in [1.165, 1.54) is 5.56 Å². The fraction of sp³-hybridized carbons (Fsp3) is 0.440. The van der Waals surface area contributed by atoms with Gasteiger partial charge in [0.05, 0.1) is 0 Å². The zero-order valence-electron chi connectivity index (χ0n) is 18.8. The third-order valence-corrected chi connectivity index (χ3v) is 6.08. The van der Waals surface area contributed by atoms with Crippen LogP contribution in [-0.2, 0) is 22.6 Å². The fourth-order valence-corrected chi connectivity index (χ4v) is 3.81. The Hall–Kier alpha value is -2.04. The Labute approximate surface area is 195 Å². The highest BCUT2D eigenvalue weighted by Crippen LogP contribution is 2.24. The van der Waals surface area contributed by atoms with Crippen LogP contribution < -0.4 is 5.32 Å². The molecule has 0 aliphatic rings. The van der Waals surface area contributed by atoms with Gasteiger partial charge >= 0.3 is 0 Å². The first-order valence-corrected chi connectivity index (χ1v) is 11.6. The van der Waals surface area contributed by atoms with Crippen molar-refractivity contribution in [2.24, 2.45) is 0 Å². The molecule has 0 unspecified atom stereocenters. The second-order valence-electron chi connectivity index (χ2n) is 7.98. The highest BCUT2D eigenvalue weighted by Gasteiger charge is 2.29. The molecule has 2 aromatic carbocycles. The van der Waals surface area contributed by atoms with Crippen LogP contribution in [0.5, 0.6) is 0 Å². The van der Waals surface area contributed by atoms with Crippen LogP contribution in [0.4, 0.5) is 0 Å². The first-order chi connectivity index (χ1) is 14.7. The second-order valence-corrected chi connectivity index (χ2v) is 8.83. The smallest absolute Gasteiger partial charge is 0.243 e. The van der Waals surface area contributed by atoms with Crippen molar-refractivity contribution in [1.82, 2.24) is 10.2 Å². The van der Waals surface area contributed by atoms with Crippen LogP contribution in [-0.4, -0.2) is 28.8 Å². The van der Waals surface area contributed by atoms with E-state index in [1.54, 1.807) is 17.0 Å². The number of amides is 2. The molecule has 6 heteroatoms. The monoisotopic (exact) mass is 462 g/mol. The van der Waals surface area contributed by atoms with Crippen molar-refractivity contribution in [2.75, 3.05) is 0 Å². The molecule has 2 amide bonds. The minimum Gasteiger partial charge on any atom is -0.352 e. The molecule has 0 fully saturated rings. The van der Waals surface area contributed by atoms with Gasteiger partial charge < -0.3 is 10.2 Å². The summed E-state index contributed by atoms with van der Waals surface area (Å²) in [7, 11) is 0. The summed E-state index contributed by atoms with van der Waals surface area (Å²) in [5.74, 6) is -0.205. The van der Waals surface area contributed by atoms with Gasteiger partial charge in [-0.3, -0.25) is 9.59 Å². The number of hydrogen-bond donors (Lipinski definition) is 1. The Balaban J connectivity index is 2.24. The molecule has 2 atom stereocenters. The van der Waals surface area contributed by atoms with E-state index in [4.69, 9.17) is 23.2 Å². The van der Waals surface area contributed by atoms with Gasteiger partial charge in [0, 0.05) is 29.1 Å². The number of benzene rings is 2. The van der Waals surface area contributed by atoms with Gasteiger partial charge in [-0.05, 0) is 56.4 Å². The third kappa shape index (κ3) is 7.55. The van der Waals surface area contributed by atoms with Crippen LogP contribution in [0.15, 0.2) is 42.5 Å². The van der Waals surface area contributed by atoms with Gasteiger partial charge in [-0.15, -0.1) is 0 Å². The van der Waals surface area contributed by atoms with E-state index in [2.05, 4.69) is 5.32 Å². The Kier molecular flexibility index (Phi) is 9.86. The van der Waals surface area contributed by atoms with Crippen molar-refractivity contribution >= 4 is 35.0 Å². The highest BCUT2D eigenvalue weighted by molar-refractivity contribution is 6.35. The van der Waals surface area contributed by atoms with Gasteiger partial charge in [0.25, 0.3) is 0 Å². The van der Waals surface area contributed by atoms with Gasteiger partial charge in [-0.2, -0.15) is 0 Å². The standard InChI is InChI=1S/C25H32Cl2N2O2/c1-5-18(4)28-25(31)23(6-2)29(16-20-12-13-21(26)15-22(20)27)24(30)14-11-19-9-7-17(3)8-10-19/h7-10,12-13,15,18,23H,5-6,11,14,16H2,1-4H3,(H,28,31)/t18-,23+/m1/s1. The molecular weight excluding hydrogens is 431 g/mol. The van der Waals surface area contributed by atoms with Crippen molar-refractivity contribution < 1.29 is 9.59 Å². The molecular formula is C25H32Cl2N2O2. The summed E-state index contributed by atoms with van der Waals surface area (Å²) < 4.78 is 0. The largest absolute Gasteiger partial charge is 0.352 e. The Morgan fingerprint density at radius 3 is 2.29 bits per heavy atom. The number of carbonyl (C=O) groups is 2. The molecule has 0 aromatic heterocycles. The summed E-state index contributed by atoms with van der Waals surface area (Å²) in [5.41, 5.74) is 3.05. The van der Waals surface area contributed by atoms with E-state index >= 15 is 0 Å². The van der Waals surface area contributed by atoms with Gasteiger partial charge in [0.15, 0.2) is 0 Å². The minimum absolute atomic E-state index is 0.0465. The number of nitrogens with one attached hydrogen (secondary N) is 1. The van der Waals surface area contributed by atoms with Crippen molar-refractivity contribution in [3.05, 3.63) is 69.2 Å². The first-order valence-electron chi connectivity index (χ1n) is 10.8. The van der Waals surface area contributed by atoms with Crippen molar-refractivity contribution in [3.8, 4) is 0 Å². The predicted molar refractivity (Wildman–Crippen MR) is 128 cm³/mol. The molecule has 2 aromatic rings. The zero-order valence-corrected chi connectivity index (χ0v) is 20.3. The molecule has 168 valence electrons. The number of carbonyl (C=O) groups excluding carboxylic acids is 2. The molecule has 2 rings (SSSR count). The molecule has 0 saturated heterocycles. The maximum absolute atomic E-state index is 13.3. The Bertz CT molecular complexity index is 884. The molecule has 1 N–H and O–H groups in total. The van der Waals surface area contributed by atoms with E-state index in [9.17, 15) is 9.59 Å². The lowest BCUT2D eigenvalue weighted by molar-refractivity contribution is -0.141. The van der Waals surface area contributed by atoms with E-state index in [0.29, 0.717) is 29.3 Å². The summed E-state index contributed by atoms with van der Waals surface area (Å²) in [4.78, 5) is 27.9. The molecule has 0 aliphatic heterocycles. The molecule has 0 radical (unpaired) electrons. The maximum atomic E-state index is 13.3. The summed E-state index contributed by atoms with van der Waals surface area (Å²) in [6.07, 6.45) is 2.28. The molecule has 0 heterocycles. The second kappa shape index (κ2) is 12.1. The Morgan fingerprint density at radius 1 is 1.03 bits per heavy atom. The topological polar surface area (TPSA) is 49.4 Å². The normalized spacial score (nSPS) is 12.8. The Morgan fingerprint density at radius 2 is 1.71 bits per heavy atom. The van der Waals surface area contributed by atoms with Crippen LogP contribution in [0, 0.1) is 6.92 Å². The molecule has 0 aliphatic carbocycles. The molecule has 4 nitrogen and oxygen atoms in total. The average molecular weight is 463 g/mol. The lowest BCUT2D eigenvalue weighted by Gasteiger charge is -2.32. The SMILES string of the molecule is CC[C@@H](C)NC(=O)[C@H](CC)N(Cc1ccc(Cl)cc1Cl)C(=O)CCc1ccc(C)cc1. The summed E-state index contributed by atoms with van der Waals surface area (Å²) in [5, 5.41) is 4.04. The minimum atomic E-state index is -0.564. The number of nitrogens with zero attached hydrogens (tertiary/aromatic N) is 1. The molecule has 0 saturated carbocycles. The van der Waals surface area contributed by atoms with Crippen LogP contribution in [0.25, 0.3) is 0 Å². The van der Waals surface area contributed by atoms with Gasteiger partial charge in [0.2, 0.25) is 11.8 Å². The highest BCUT2D eigenvalue weighted by atomic mass is 35.5. The zero-order chi connectivity index (χ0) is 23.0. The maximum Gasteiger partial charge on any atom is 0.243 e. The molecule has 0 spiro atoms. The molecule has 31 heavy (non-hydrogen) atoms. The van der Waals surface area contributed by atoms with Crippen LogP contribution in [0.3, 0.4) is 0 Å². The van der Waals surface area contributed by atoms with E-state index in [-0.39, 0.29) is 24.4 Å². The van der Waals surface area contributed by atoms with Crippen molar-refractivity contribution in [1.29, 1.82) is 0 Å². The van der Waals surface area contributed by atoms with Gasteiger partial charge in [-0.25, -0.2) is 0 Å². The lowest BCUT2D eigenvalue weighted by Crippen LogP contribution is -2.50. The van der Waals surface area contributed by atoms with Crippen LogP contribution >= 0.6 is 23.2 Å². The summed E-state index contributed by atoms with van der Waals surface area (Å²) in [6, 6.07) is 12.9. The number of rotatable bonds is 10. The third-order valence-electron chi connectivity index (χ3n) is 5.49. The number of aryl methyl sites for hydroxylation is 2. The average Bonchev–Trinajstić information content (AvgIpc) is 2.74. The summed E-state index contributed by atoms with van der Waals surface area (Å²) >= 11 is 12.4. The first kappa shape index (κ1) is 25.2. The number of hydrogen-bond acceptors (Lipinski definition) is 2. The fourth-order valence-electron chi connectivity index (χ4n) is 3.34. The van der Waals surface area contributed by atoms with Crippen LogP contribution in [0.1, 0.15) is 56.7 Å². The summed E-state index contributed by atoms with van der Waals surface area (Å²) in [6.45, 7) is 8.20. The van der Waals surface area contributed by atoms with Gasteiger partial charge in [0.1, 0.15) is 6.04 Å². The van der Waals surface area contributed by atoms with Crippen molar-refractivity contribution in [2.45, 2.75) is 72.0 Å². The van der Waals surface area contributed by atoms with Gasteiger partial charge in [-0.1, -0.05) is 72.9 Å². The quantitative estimate of drug-likeness (QED) is 0.473. The van der Waals surface area contributed by atoms with E-state index in [1.807, 2.05) is 58.0 Å². The van der Waals surface area contributed by atoms with E-state index < -0.39 is 6.04 Å². The predicted octanol–water partition coefficient (Wildman–Crippen LogP) is 5.96. The van der Waals surface area contributed by atoms with E-state index in [0.717, 1.165) is 17.5 Å². The van der Waals surface area contributed by atoms with Crippen LogP contribution in [0.2, 0.25) is 10.0 Å². The molecule has 0 bridgehead atoms. The van der Waals surface area contributed by atoms with Crippen molar-refractivity contribution in [3.63, 3.8) is 0 Å².